The van der Waals surface area contributed by atoms with Gasteiger partial charge in [0.2, 0.25) is 0 Å². The predicted octanol–water partition coefficient (Wildman–Crippen LogP) is 7.33. The molecule has 0 saturated carbocycles. The van der Waals surface area contributed by atoms with Crippen LogP contribution in [0.25, 0.3) is 6.08 Å². The maximum absolute atomic E-state index is 12.9. The maximum Gasteiger partial charge on any atom is 0.293 e. The highest BCUT2D eigenvalue weighted by Crippen LogP contribution is 2.34. The first-order valence-corrected chi connectivity index (χ1v) is 12.8. The van der Waals surface area contributed by atoms with E-state index in [2.05, 4.69) is 32.9 Å². The molecule has 1 saturated heterocycles. The van der Waals surface area contributed by atoms with Crippen LogP contribution in [0.3, 0.4) is 0 Å². The first-order chi connectivity index (χ1) is 17.2. The second kappa shape index (κ2) is 11.2. The van der Waals surface area contributed by atoms with Crippen molar-refractivity contribution in [1.82, 2.24) is 4.90 Å². The summed E-state index contributed by atoms with van der Waals surface area (Å²) in [5.41, 5.74) is 2.93. The van der Waals surface area contributed by atoms with E-state index in [1.54, 1.807) is 24.3 Å². The number of halogens is 1. The average Bonchev–Trinajstić information content (AvgIpc) is 3.09. The molecule has 2 amide bonds. The standard InChI is InChI=1S/C29H28ClNO4S/c1-29(2,3)22-10-12-24(13-11-22)34-14-15-35-25-9-5-6-20(17-25)18-26-27(32)31(28(33)36-26)19-21-7-4-8-23(30)16-21/h4-13,16-18H,14-15,19H2,1-3H3/b26-18-. The molecule has 186 valence electrons. The van der Waals surface area contributed by atoms with Crippen molar-refractivity contribution in [3.8, 4) is 11.5 Å². The summed E-state index contributed by atoms with van der Waals surface area (Å²) in [4.78, 5) is 26.9. The van der Waals surface area contributed by atoms with Crippen LogP contribution in [0.2, 0.25) is 5.02 Å². The molecule has 0 atom stereocenters. The van der Waals surface area contributed by atoms with Crippen LogP contribution >= 0.6 is 23.4 Å². The molecule has 0 aliphatic carbocycles. The van der Waals surface area contributed by atoms with Gasteiger partial charge < -0.3 is 9.47 Å². The molecule has 1 heterocycles. The number of hydrogen-bond acceptors (Lipinski definition) is 5. The minimum absolute atomic E-state index is 0.103. The molecule has 1 aliphatic rings. The summed E-state index contributed by atoms with van der Waals surface area (Å²) in [5, 5.41) is 0.266. The van der Waals surface area contributed by atoms with E-state index in [0.717, 1.165) is 28.6 Å². The third-order valence-corrected chi connectivity index (χ3v) is 6.74. The predicted molar refractivity (Wildman–Crippen MR) is 146 cm³/mol. The number of benzene rings is 3. The first kappa shape index (κ1) is 25.9. The zero-order chi connectivity index (χ0) is 25.7. The van der Waals surface area contributed by atoms with Crippen LogP contribution in [0.15, 0.2) is 77.7 Å². The van der Waals surface area contributed by atoms with Crippen LogP contribution in [0.4, 0.5) is 4.79 Å². The normalized spacial score (nSPS) is 15.0. The van der Waals surface area contributed by atoms with Gasteiger partial charge in [-0.2, -0.15) is 0 Å². The summed E-state index contributed by atoms with van der Waals surface area (Å²) >= 11 is 6.96. The second-order valence-electron chi connectivity index (χ2n) is 9.44. The van der Waals surface area contributed by atoms with Gasteiger partial charge in [0.25, 0.3) is 11.1 Å². The Morgan fingerprint density at radius 3 is 2.28 bits per heavy atom. The Balaban J connectivity index is 1.32. The number of rotatable bonds is 8. The average molecular weight is 522 g/mol. The smallest absolute Gasteiger partial charge is 0.293 e. The van der Waals surface area contributed by atoms with Gasteiger partial charge >= 0.3 is 0 Å². The number of carbonyl (C=O) groups is 2. The zero-order valence-corrected chi connectivity index (χ0v) is 22.1. The third-order valence-electron chi connectivity index (χ3n) is 5.60. The van der Waals surface area contributed by atoms with Crippen molar-refractivity contribution in [2.45, 2.75) is 32.7 Å². The Bertz CT molecular complexity index is 1280. The molecule has 3 aromatic carbocycles. The molecule has 0 unspecified atom stereocenters. The highest BCUT2D eigenvalue weighted by molar-refractivity contribution is 8.18. The molecule has 4 rings (SSSR count). The number of nitrogens with zero attached hydrogens (tertiary/aromatic N) is 1. The summed E-state index contributed by atoms with van der Waals surface area (Å²) in [6.45, 7) is 7.50. The van der Waals surface area contributed by atoms with E-state index >= 15 is 0 Å². The Morgan fingerprint density at radius 2 is 1.58 bits per heavy atom. The topological polar surface area (TPSA) is 55.8 Å². The van der Waals surface area contributed by atoms with Crippen molar-refractivity contribution < 1.29 is 19.1 Å². The van der Waals surface area contributed by atoms with E-state index in [9.17, 15) is 9.59 Å². The first-order valence-electron chi connectivity index (χ1n) is 11.6. The van der Waals surface area contributed by atoms with Gasteiger partial charge in [-0.15, -0.1) is 0 Å². The third kappa shape index (κ3) is 6.71. The van der Waals surface area contributed by atoms with E-state index in [0.29, 0.717) is 28.9 Å². The van der Waals surface area contributed by atoms with Crippen molar-refractivity contribution in [2.24, 2.45) is 0 Å². The summed E-state index contributed by atoms with van der Waals surface area (Å²) in [6, 6.07) is 22.6. The van der Waals surface area contributed by atoms with Gasteiger partial charge in [0.05, 0.1) is 11.4 Å². The Kier molecular flexibility index (Phi) is 8.07. The lowest BCUT2D eigenvalue weighted by Crippen LogP contribution is -2.27. The number of hydrogen-bond donors (Lipinski definition) is 0. The van der Waals surface area contributed by atoms with Crippen molar-refractivity contribution in [1.29, 1.82) is 0 Å². The molecule has 0 spiro atoms. The lowest BCUT2D eigenvalue weighted by Gasteiger charge is -2.19. The Morgan fingerprint density at radius 1 is 0.889 bits per heavy atom. The summed E-state index contributed by atoms with van der Waals surface area (Å²) < 4.78 is 11.6. The fourth-order valence-electron chi connectivity index (χ4n) is 3.67. The minimum atomic E-state index is -0.317. The van der Waals surface area contributed by atoms with Gasteiger partial charge in [-0.3, -0.25) is 14.5 Å². The molecule has 0 radical (unpaired) electrons. The quantitative estimate of drug-likeness (QED) is 0.229. The van der Waals surface area contributed by atoms with Crippen LogP contribution < -0.4 is 9.47 Å². The number of imide groups is 1. The molecule has 36 heavy (non-hydrogen) atoms. The fourth-order valence-corrected chi connectivity index (χ4v) is 4.72. The van der Waals surface area contributed by atoms with E-state index in [1.165, 1.54) is 10.5 Å². The number of thioether (sulfide) groups is 1. The van der Waals surface area contributed by atoms with Gasteiger partial charge in [-0.1, -0.05) is 68.8 Å². The van der Waals surface area contributed by atoms with Crippen molar-refractivity contribution in [3.63, 3.8) is 0 Å². The van der Waals surface area contributed by atoms with Crippen LogP contribution in [0, 0.1) is 0 Å². The second-order valence-corrected chi connectivity index (χ2v) is 10.9. The molecule has 3 aromatic rings. The van der Waals surface area contributed by atoms with Crippen LogP contribution in [0.5, 0.6) is 11.5 Å². The highest BCUT2D eigenvalue weighted by atomic mass is 35.5. The van der Waals surface area contributed by atoms with Gasteiger partial charge in [0, 0.05) is 5.02 Å². The van der Waals surface area contributed by atoms with E-state index < -0.39 is 0 Å². The molecule has 5 nitrogen and oxygen atoms in total. The van der Waals surface area contributed by atoms with E-state index in [4.69, 9.17) is 21.1 Å². The lowest BCUT2D eigenvalue weighted by atomic mass is 9.87. The van der Waals surface area contributed by atoms with Gasteiger partial charge in [-0.05, 0) is 76.3 Å². The fraction of sp³-hybridized carbons (Fsp3) is 0.241. The molecular weight excluding hydrogens is 494 g/mol. The van der Waals surface area contributed by atoms with Crippen LogP contribution in [0.1, 0.15) is 37.5 Å². The van der Waals surface area contributed by atoms with Crippen molar-refractivity contribution in [3.05, 3.63) is 99.4 Å². The summed E-state index contributed by atoms with van der Waals surface area (Å²) in [7, 11) is 0. The van der Waals surface area contributed by atoms with Crippen LogP contribution in [-0.4, -0.2) is 29.3 Å². The summed E-state index contributed by atoms with van der Waals surface area (Å²) in [5.74, 6) is 1.14. The SMILES string of the molecule is CC(C)(C)c1ccc(OCCOc2cccc(/C=C3\SC(=O)N(Cc4cccc(Cl)c4)C3=O)c2)cc1. The van der Waals surface area contributed by atoms with Gasteiger partial charge in [0.15, 0.2) is 0 Å². The van der Waals surface area contributed by atoms with Gasteiger partial charge in [0.1, 0.15) is 24.7 Å². The van der Waals surface area contributed by atoms with Crippen molar-refractivity contribution in [2.75, 3.05) is 13.2 Å². The number of amides is 2. The monoisotopic (exact) mass is 521 g/mol. The van der Waals surface area contributed by atoms with E-state index in [-0.39, 0.29) is 23.1 Å². The van der Waals surface area contributed by atoms with Crippen LogP contribution in [-0.2, 0) is 16.8 Å². The highest BCUT2D eigenvalue weighted by Gasteiger charge is 2.35. The molecule has 0 bridgehead atoms. The lowest BCUT2D eigenvalue weighted by molar-refractivity contribution is -0.123. The maximum atomic E-state index is 12.9. The number of ether oxygens (including phenoxy) is 2. The molecule has 0 N–H and O–H groups in total. The summed E-state index contributed by atoms with van der Waals surface area (Å²) in [6.07, 6.45) is 1.71. The molecule has 1 aliphatic heterocycles. The Labute approximate surface area is 221 Å². The minimum Gasteiger partial charge on any atom is -0.490 e. The largest absolute Gasteiger partial charge is 0.490 e. The zero-order valence-electron chi connectivity index (χ0n) is 20.5. The Hall–Kier alpha value is -3.22. The molecule has 0 aromatic heterocycles. The number of carbonyl (C=O) groups excluding carboxylic acids is 2. The molecule has 1 fully saturated rings. The molecular formula is C29H28ClNO4S. The van der Waals surface area contributed by atoms with Crippen molar-refractivity contribution >= 4 is 40.6 Å². The van der Waals surface area contributed by atoms with E-state index in [1.807, 2.05) is 42.5 Å². The van der Waals surface area contributed by atoms with Gasteiger partial charge in [-0.25, -0.2) is 0 Å². The molecule has 7 heteroatoms.